The van der Waals surface area contributed by atoms with Crippen LogP contribution in [0.15, 0.2) is 203 Å². The van der Waals surface area contributed by atoms with E-state index in [9.17, 15) is 11.8 Å². The van der Waals surface area contributed by atoms with Gasteiger partial charge in [-0.05, 0) is 125 Å². The van der Waals surface area contributed by atoms with Crippen LogP contribution in [0.4, 0.5) is 5.69 Å². The Labute approximate surface area is 456 Å². The second-order valence-corrected chi connectivity index (χ2v) is 21.7. The van der Waals surface area contributed by atoms with E-state index in [1.165, 1.54) is 0 Å². The molecule has 11 aromatic carbocycles. The minimum Gasteiger partial charge on any atom is -0.456 e. The molecular weight excluding hydrogens is 981 g/mol. The molecule has 0 spiro atoms. The predicted molar refractivity (Wildman–Crippen MR) is 328 cm³/mol. The normalized spacial score (nSPS) is 12.2. The monoisotopic (exact) mass is 1020 g/mol. The standard InChI is InChI=1S/C72H44N6O2/c1-39-22-26-58-47(30-39)48-31-40(2)23-27-59(48)75(58)70-55(38-73)69(77-56-18-10-6-14-43(56)51-36-66-53(34-62(51)77)45-16-8-12-20-64(45)79-66)68(74-5)71(76-60-28-24-41(3)32-49(60)50-33-42(4)25-29-61(50)76)72(70)78-57-19-11-7-15-44(57)52-37-67-54(35-63(52)78)46-17-9-13-21-65(46)80-67/h6-37H,1-4H3. The molecule has 6 aromatic heterocycles. The highest BCUT2D eigenvalue weighted by molar-refractivity contribution is 6.21. The first-order valence-electron chi connectivity index (χ1n) is 27.0. The van der Waals surface area contributed by atoms with Crippen LogP contribution in [0.25, 0.3) is 159 Å². The van der Waals surface area contributed by atoms with Crippen LogP contribution in [0.3, 0.4) is 0 Å². The maximum Gasteiger partial charge on any atom is 0.237 e. The molecular formula is C72H44N6O2. The highest BCUT2D eigenvalue weighted by atomic mass is 16.3. The molecule has 17 aromatic rings. The Kier molecular flexibility index (Phi) is 8.81. The van der Waals surface area contributed by atoms with Crippen molar-refractivity contribution in [1.29, 1.82) is 5.26 Å². The zero-order chi connectivity index (χ0) is 53.4. The van der Waals surface area contributed by atoms with E-state index in [-0.39, 0.29) is 0 Å². The zero-order valence-electron chi connectivity index (χ0n) is 44.0. The molecule has 0 saturated heterocycles. The van der Waals surface area contributed by atoms with E-state index < -0.39 is 0 Å². The first-order valence-corrected chi connectivity index (χ1v) is 27.0. The summed E-state index contributed by atoms with van der Waals surface area (Å²) in [4.78, 5) is 4.84. The molecule has 0 radical (unpaired) electrons. The van der Waals surface area contributed by atoms with Crippen molar-refractivity contribution in [3.8, 4) is 28.8 Å². The number of benzene rings is 11. The fourth-order valence-corrected chi connectivity index (χ4v) is 13.6. The number of aryl methyl sites for hydroxylation is 4. The molecule has 8 heteroatoms. The van der Waals surface area contributed by atoms with Gasteiger partial charge in [0, 0.05) is 64.6 Å². The fraction of sp³-hybridized carbons (Fsp3) is 0.0556. The van der Waals surface area contributed by atoms with Gasteiger partial charge in [-0.25, -0.2) is 4.85 Å². The summed E-state index contributed by atoms with van der Waals surface area (Å²) in [7, 11) is 0. The molecule has 0 bridgehead atoms. The largest absolute Gasteiger partial charge is 0.456 e. The third-order valence-corrected chi connectivity index (χ3v) is 17.0. The average molecular weight is 1030 g/mol. The molecule has 0 aliphatic carbocycles. The van der Waals surface area contributed by atoms with Crippen LogP contribution in [0.5, 0.6) is 0 Å². The first kappa shape index (κ1) is 44.3. The van der Waals surface area contributed by atoms with Crippen LogP contribution >= 0.6 is 0 Å². The van der Waals surface area contributed by atoms with Crippen molar-refractivity contribution in [2.45, 2.75) is 27.7 Å². The second-order valence-electron chi connectivity index (χ2n) is 21.7. The molecule has 0 aliphatic rings. The van der Waals surface area contributed by atoms with Crippen molar-refractivity contribution in [3.05, 3.63) is 233 Å². The van der Waals surface area contributed by atoms with Crippen molar-refractivity contribution in [3.63, 3.8) is 0 Å². The Hall–Kier alpha value is -10.8. The molecule has 17 rings (SSSR count). The Morgan fingerprint density at radius 1 is 0.325 bits per heavy atom. The molecule has 80 heavy (non-hydrogen) atoms. The first-order chi connectivity index (χ1) is 39.2. The van der Waals surface area contributed by atoms with Crippen LogP contribution in [-0.4, -0.2) is 18.3 Å². The van der Waals surface area contributed by atoms with E-state index >= 15 is 0 Å². The summed E-state index contributed by atoms with van der Waals surface area (Å²) in [6.07, 6.45) is 0. The van der Waals surface area contributed by atoms with Gasteiger partial charge in [0.2, 0.25) is 5.69 Å². The van der Waals surface area contributed by atoms with Gasteiger partial charge >= 0.3 is 0 Å². The molecule has 0 saturated carbocycles. The van der Waals surface area contributed by atoms with Gasteiger partial charge in [0.25, 0.3) is 0 Å². The Morgan fingerprint density at radius 3 is 1.10 bits per heavy atom. The van der Waals surface area contributed by atoms with Crippen LogP contribution in [0, 0.1) is 45.6 Å². The molecule has 0 aliphatic heterocycles. The van der Waals surface area contributed by atoms with E-state index in [0.29, 0.717) is 34.0 Å². The maximum absolute atomic E-state index is 12.8. The highest BCUT2D eigenvalue weighted by Gasteiger charge is 2.35. The van der Waals surface area contributed by atoms with E-state index in [1.807, 2.05) is 36.4 Å². The number of fused-ring (bicyclic) bond motifs is 18. The number of nitriles is 1. The van der Waals surface area contributed by atoms with Gasteiger partial charge in [-0.1, -0.05) is 119 Å². The minimum absolute atomic E-state index is 0.327. The maximum atomic E-state index is 12.8. The van der Waals surface area contributed by atoms with Crippen LogP contribution in [0.1, 0.15) is 27.8 Å². The van der Waals surface area contributed by atoms with Crippen molar-refractivity contribution >= 4 is 137 Å². The van der Waals surface area contributed by atoms with Crippen LogP contribution in [0.2, 0.25) is 0 Å². The summed E-state index contributed by atoms with van der Waals surface area (Å²) < 4.78 is 22.4. The summed E-state index contributed by atoms with van der Waals surface area (Å²) in [5.74, 6) is 0. The number of rotatable bonds is 4. The molecule has 374 valence electrons. The van der Waals surface area contributed by atoms with Gasteiger partial charge in [0.1, 0.15) is 28.4 Å². The van der Waals surface area contributed by atoms with Crippen LogP contribution in [-0.2, 0) is 0 Å². The Morgan fingerprint density at radius 2 is 0.675 bits per heavy atom. The van der Waals surface area contributed by atoms with Crippen LogP contribution < -0.4 is 0 Å². The molecule has 8 nitrogen and oxygen atoms in total. The summed E-state index contributed by atoms with van der Waals surface area (Å²) >= 11 is 0. The number of nitrogens with zero attached hydrogens (tertiary/aromatic N) is 6. The summed E-state index contributed by atoms with van der Waals surface area (Å²) in [5, 5.41) is 24.9. The lowest BCUT2D eigenvalue weighted by atomic mass is 10.0. The predicted octanol–water partition coefficient (Wildman–Crippen LogP) is 19.5. The second kappa shape index (κ2) is 15.9. The fourth-order valence-electron chi connectivity index (χ4n) is 13.6. The number of furan rings is 2. The highest BCUT2D eigenvalue weighted by Crippen LogP contribution is 2.53. The quantitative estimate of drug-likeness (QED) is 0.165. The molecule has 0 unspecified atom stereocenters. The number of aromatic nitrogens is 4. The molecule has 6 heterocycles. The van der Waals surface area contributed by atoms with E-state index in [4.69, 9.17) is 13.7 Å². The Balaban J connectivity index is 1.19. The molecule has 0 fully saturated rings. The van der Waals surface area contributed by atoms with E-state index in [2.05, 4.69) is 210 Å². The Bertz CT molecular complexity index is 5470. The van der Waals surface area contributed by atoms with Gasteiger partial charge in [-0.15, -0.1) is 0 Å². The van der Waals surface area contributed by atoms with E-state index in [1.54, 1.807) is 0 Å². The third kappa shape index (κ3) is 5.81. The summed E-state index contributed by atoms with van der Waals surface area (Å²) in [6.45, 7) is 18.5. The topological polar surface area (TPSA) is 74.2 Å². The molecule has 0 atom stereocenters. The smallest absolute Gasteiger partial charge is 0.237 e. The lowest BCUT2D eigenvalue weighted by molar-refractivity contribution is 0.669. The molecule has 0 amide bonds. The average Bonchev–Trinajstić information content (AvgIpc) is 4.48. The third-order valence-electron chi connectivity index (χ3n) is 17.0. The summed E-state index contributed by atoms with van der Waals surface area (Å²) in [5.41, 5.74) is 18.1. The number of hydrogen-bond donors (Lipinski definition) is 0. The van der Waals surface area contributed by atoms with Gasteiger partial charge in [-0.3, -0.25) is 0 Å². The van der Waals surface area contributed by atoms with Gasteiger partial charge < -0.3 is 27.1 Å². The SMILES string of the molecule is [C-]#[N+]c1c(-n2c3ccccc3c3cc4oc5ccccc5c4cc32)c(C#N)c(-n2c3ccc(C)cc3c3cc(C)ccc32)c(-n2c3ccccc3c3cc4oc5ccccc5c4cc32)c1-n1c2ccc(C)cc2c2cc(C)ccc21. The zero-order valence-corrected chi connectivity index (χ0v) is 44.0. The van der Waals surface area contributed by atoms with Gasteiger partial charge in [0.15, 0.2) is 0 Å². The summed E-state index contributed by atoms with van der Waals surface area (Å²) in [6, 6.07) is 71.4. The van der Waals surface area contributed by atoms with Crippen molar-refractivity contribution in [2.75, 3.05) is 0 Å². The van der Waals surface area contributed by atoms with Crippen molar-refractivity contribution in [2.24, 2.45) is 0 Å². The number of para-hydroxylation sites is 4. The van der Waals surface area contributed by atoms with Gasteiger partial charge in [-0.2, -0.15) is 5.26 Å². The minimum atomic E-state index is 0.327. The van der Waals surface area contributed by atoms with Crippen molar-refractivity contribution < 1.29 is 8.83 Å². The van der Waals surface area contributed by atoms with E-state index in [0.717, 1.165) is 153 Å². The van der Waals surface area contributed by atoms with Crippen molar-refractivity contribution in [1.82, 2.24) is 18.3 Å². The lowest BCUT2D eigenvalue weighted by Gasteiger charge is -2.27. The lowest BCUT2D eigenvalue weighted by Crippen LogP contribution is -2.14. The molecule has 0 N–H and O–H groups in total. The van der Waals surface area contributed by atoms with Gasteiger partial charge in [0.05, 0.1) is 79.0 Å². The number of hydrogen-bond acceptors (Lipinski definition) is 3.